The van der Waals surface area contributed by atoms with Gasteiger partial charge in [-0.25, -0.2) is 9.79 Å². The van der Waals surface area contributed by atoms with Gasteiger partial charge in [-0.3, -0.25) is 4.98 Å². The highest BCUT2D eigenvalue weighted by Gasteiger charge is 2.23. The van der Waals surface area contributed by atoms with Crippen LogP contribution < -0.4 is 10.1 Å². The molecule has 0 fully saturated rings. The molecule has 4 rings (SSSR count). The van der Waals surface area contributed by atoms with Gasteiger partial charge < -0.3 is 24.5 Å². The molecule has 160 valence electrons. The second kappa shape index (κ2) is 8.51. The van der Waals surface area contributed by atoms with Gasteiger partial charge in [0.2, 0.25) is 0 Å². The minimum atomic E-state index is -0.965. The number of guanidine groups is 1. The molecule has 2 N–H and O–H groups in total. The summed E-state index contributed by atoms with van der Waals surface area (Å²) in [6.45, 7) is 5.39. The number of aromatic nitrogens is 1. The first-order valence-electron chi connectivity index (χ1n) is 9.90. The lowest BCUT2D eigenvalue weighted by atomic mass is 10.1. The molecule has 8 heteroatoms. The minimum absolute atomic E-state index is 0.228. The summed E-state index contributed by atoms with van der Waals surface area (Å²) in [5.74, 6) is 1.29. The molecule has 0 unspecified atom stereocenters. The lowest BCUT2D eigenvalue weighted by Gasteiger charge is -2.32. The molecule has 3 aromatic rings. The number of methoxy groups -OCH3 is 1. The van der Waals surface area contributed by atoms with Gasteiger partial charge in [0.1, 0.15) is 11.5 Å². The molecule has 0 radical (unpaired) electrons. The monoisotopic (exact) mass is 420 g/mol. The summed E-state index contributed by atoms with van der Waals surface area (Å²) in [6.07, 6.45) is 3.42. The van der Waals surface area contributed by atoms with Crippen LogP contribution in [0, 0.1) is 13.8 Å². The Morgan fingerprint density at radius 1 is 1.35 bits per heavy atom. The SMILES string of the molecule is COc1c(C)cnc(CN=C2Nc3cc(C(=O)O)ccc3CN2Cc2ccco2)c1C. The van der Waals surface area contributed by atoms with Crippen LogP contribution in [0.3, 0.4) is 0 Å². The van der Waals surface area contributed by atoms with E-state index in [1.807, 2.05) is 32.0 Å². The minimum Gasteiger partial charge on any atom is -0.496 e. The van der Waals surface area contributed by atoms with Crippen LogP contribution >= 0.6 is 0 Å². The fraction of sp³-hybridized carbons (Fsp3) is 0.261. The molecule has 2 aromatic heterocycles. The van der Waals surface area contributed by atoms with E-state index in [1.165, 1.54) is 0 Å². The van der Waals surface area contributed by atoms with Crippen LogP contribution in [0.1, 0.15) is 38.5 Å². The molecule has 0 saturated heterocycles. The maximum Gasteiger partial charge on any atom is 0.335 e. The van der Waals surface area contributed by atoms with E-state index in [0.29, 0.717) is 25.6 Å². The number of ether oxygens (including phenoxy) is 1. The molecule has 1 aliphatic heterocycles. The first kappa shape index (κ1) is 20.5. The highest BCUT2D eigenvalue weighted by atomic mass is 16.5. The Morgan fingerprint density at radius 2 is 2.19 bits per heavy atom. The number of aromatic carboxylic acids is 1. The van der Waals surface area contributed by atoms with Crippen molar-refractivity contribution in [1.82, 2.24) is 9.88 Å². The number of aryl methyl sites for hydroxylation is 1. The Morgan fingerprint density at radius 3 is 2.90 bits per heavy atom. The molecule has 0 aliphatic carbocycles. The summed E-state index contributed by atoms with van der Waals surface area (Å²) in [6, 6.07) is 8.84. The second-order valence-electron chi connectivity index (χ2n) is 7.42. The first-order valence-corrected chi connectivity index (χ1v) is 9.90. The zero-order valence-electron chi connectivity index (χ0n) is 17.7. The molecule has 0 bridgehead atoms. The van der Waals surface area contributed by atoms with Crippen LogP contribution in [-0.4, -0.2) is 34.0 Å². The summed E-state index contributed by atoms with van der Waals surface area (Å²) < 4.78 is 11.0. The van der Waals surface area contributed by atoms with Gasteiger partial charge in [0.05, 0.1) is 37.7 Å². The van der Waals surface area contributed by atoms with Gasteiger partial charge in [0.15, 0.2) is 5.96 Å². The third-order valence-corrected chi connectivity index (χ3v) is 5.32. The van der Waals surface area contributed by atoms with Crippen molar-refractivity contribution < 1.29 is 19.1 Å². The molecule has 0 amide bonds. The van der Waals surface area contributed by atoms with Gasteiger partial charge in [0, 0.05) is 29.6 Å². The Bertz CT molecular complexity index is 1140. The summed E-state index contributed by atoms with van der Waals surface area (Å²) in [5.41, 5.74) is 4.70. The van der Waals surface area contributed by atoms with Crippen LogP contribution in [0.15, 0.2) is 52.2 Å². The Kier molecular flexibility index (Phi) is 5.62. The molecule has 8 nitrogen and oxygen atoms in total. The number of nitrogens with zero attached hydrogens (tertiary/aromatic N) is 3. The summed E-state index contributed by atoms with van der Waals surface area (Å²) in [7, 11) is 1.65. The number of furan rings is 1. The van der Waals surface area contributed by atoms with E-state index in [0.717, 1.165) is 39.6 Å². The third kappa shape index (κ3) is 4.23. The van der Waals surface area contributed by atoms with E-state index < -0.39 is 5.97 Å². The van der Waals surface area contributed by atoms with Gasteiger partial charge in [-0.05, 0) is 43.7 Å². The molecule has 0 atom stereocenters. The number of nitrogens with one attached hydrogen (secondary N) is 1. The molecule has 1 aliphatic rings. The van der Waals surface area contributed by atoms with Crippen molar-refractivity contribution in [1.29, 1.82) is 0 Å². The van der Waals surface area contributed by atoms with Gasteiger partial charge in [-0.15, -0.1) is 0 Å². The number of aliphatic imine (C=N–C) groups is 1. The van der Waals surface area contributed by atoms with Crippen LogP contribution in [-0.2, 0) is 19.6 Å². The van der Waals surface area contributed by atoms with Gasteiger partial charge in [0.25, 0.3) is 0 Å². The smallest absolute Gasteiger partial charge is 0.335 e. The predicted octanol–water partition coefficient (Wildman–Crippen LogP) is 3.98. The molecule has 31 heavy (non-hydrogen) atoms. The zero-order chi connectivity index (χ0) is 22.0. The zero-order valence-corrected chi connectivity index (χ0v) is 17.7. The number of hydrogen-bond donors (Lipinski definition) is 2. The quantitative estimate of drug-likeness (QED) is 0.622. The normalized spacial score (nSPS) is 14.3. The highest BCUT2D eigenvalue weighted by molar-refractivity contribution is 5.98. The lowest BCUT2D eigenvalue weighted by molar-refractivity contribution is 0.0697. The molecule has 3 heterocycles. The fourth-order valence-electron chi connectivity index (χ4n) is 3.68. The van der Waals surface area contributed by atoms with Crippen LogP contribution in [0.25, 0.3) is 0 Å². The van der Waals surface area contributed by atoms with E-state index in [4.69, 9.17) is 14.1 Å². The van der Waals surface area contributed by atoms with Gasteiger partial charge in [-0.1, -0.05) is 6.07 Å². The number of carbonyl (C=O) groups is 1. The molecule has 0 spiro atoms. The van der Waals surface area contributed by atoms with Crippen molar-refractivity contribution >= 4 is 17.6 Å². The Labute approximate surface area is 180 Å². The number of rotatable bonds is 6. The van der Waals surface area contributed by atoms with E-state index in [-0.39, 0.29) is 5.56 Å². The van der Waals surface area contributed by atoms with Crippen molar-refractivity contribution in [3.8, 4) is 5.75 Å². The summed E-state index contributed by atoms with van der Waals surface area (Å²) >= 11 is 0. The lowest BCUT2D eigenvalue weighted by Crippen LogP contribution is -2.39. The van der Waals surface area contributed by atoms with Crippen molar-refractivity contribution in [3.63, 3.8) is 0 Å². The Balaban J connectivity index is 1.66. The number of pyridine rings is 1. The maximum absolute atomic E-state index is 11.4. The van der Waals surface area contributed by atoms with Crippen molar-refractivity contribution in [2.24, 2.45) is 4.99 Å². The first-order chi connectivity index (χ1) is 15.0. The van der Waals surface area contributed by atoms with Gasteiger partial charge >= 0.3 is 5.97 Å². The average Bonchev–Trinajstić information content (AvgIpc) is 3.26. The van der Waals surface area contributed by atoms with E-state index >= 15 is 0 Å². The number of hydrogen-bond acceptors (Lipinski definition) is 5. The standard InChI is InChI=1S/C23H24N4O4/c1-14-10-24-20(15(2)21(14)30-3)11-25-23-26-19-9-16(22(28)29)6-7-17(19)12-27(23)13-18-5-4-8-31-18/h4-10H,11-13H2,1-3H3,(H,25,26)(H,28,29). The topological polar surface area (TPSA) is 100 Å². The number of fused-ring (bicyclic) bond motifs is 1. The largest absolute Gasteiger partial charge is 0.496 e. The molecular formula is C23H24N4O4. The highest BCUT2D eigenvalue weighted by Crippen LogP contribution is 2.27. The van der Waals surface area contributed by atoms with E-state index in [1.54, 1.807) is 31.7 Å². The van der Waals surface area contributed by atoms with Crippen molar-refractivity contribution in [2.45, 2.75) is 33.5 Å². The number of anilines is 1. The van der Waals surface area contributed by atoms with Crippen LogP contribution in [0.4, 0.5) is 5.69 Å². The van der Waals surface area contributed by atoms with Crippen LogP contribution in [0.2, 0.25) is 0 Å². The number of carboxylic acids is 1. The van der Waals surface area contributed by atoms with Crippen LogP contribution in [0.5, 0.6) is 5.75 Å². The maximum atomic E-state index is 11.4. The van der Waals surface area contributed by atoms with Crippen molar-refractivity contribution in [2.75, 3.05) is 12.4 Å². The second-order valence-corrected chi connectivity index (χ2v) is 7.42. The molecular weight excluding hydrogens is 396 g/mol. The van der Waals surface area contributed by atoms with E-state index in [2.05, 4.69) is 15.2 Å². The van der Waals surface area contributed by atoms with Gasteiger partial charge in [-0.2, -0.15) is 0 Å². The number of benzene rings is 1. The predicted molar refractivity (Wildman–Crippen MR) is 116 cm³/mol. The van der Waals surface area contributed by atoms with Crippen molar-refractivity contribution in [3.05, 3.63) is 76.5 Å². The van der Waals surface area contributed by atoms with E-state index in [9.17, 15) is 9.90 Å². The fourth-order valence-corrected chi connectivity index (χ4v) is 3.68. The Hall–Kier alpha value is -3.81. The third-order valence-electron chi connectivity index (χ3n) is 5.32. The molecule has 1 aromatic carbocycles. The summed E-state index contributed by atoms with van der Waals surface area (Å²) in [5, 5.41) is 12.6. The molecule has 0 saturated carbocycles. The summed E-state index contributed by atoms with van der Waals surface area (Å²) in [4.78, 5) is 22.7. The number of carboxylic acid groups (broad SMARTS) is 1. The average molecular weight is 420 g/mol.